The molecule has 1 atom stereocenters. The van der Waals surface area contributed by atoms with Gasteiger partial charge in [-0.2, -0.15) is 0 Å². The van der Waals surface area contributed by atoms with Crippen LogP contribution in [0.1, 0.15) is 40.0 Å². The Morgan fingerprint density at radius 3 is 2.75 bits per heavy atom. The highest BCUT2D eigenvalue weighted by molar-refractivity contribution is 5.11. The van der Waals surface area contributed by atoms with E-state index in [1.165, 1.54) is 25.8 Å². The van der Waals surface area contributed by atoms with Gasteiger partial charge in [-0.05, 0) is 45.6 Å². The van der Waals surface area contributed by atoms with E-state index in [0.29, 0.717) is 0 Å². The van der Waals surface area contributed by atoms with E-state index in [2.05, 4.69) is 26.1 Å². The van der Waals surface area contributed by atoms with E-state index >= 15 is 0 Å². The van der Waals surface area contributed by atoms with Crippen LogP contribution in [-0.4, -0.2) is 13.1 Å². The van der Waals surface area contributed by atoms with E-state index < -0.39 is 0 Å². The highest BCUT2D eigenvalue weighted by Crippen LogP contribution is 2.19. The maximum Gasteiger partial charge on any atom is 0.0164 e. The summed E-state index contributed by atoms with van der Waals surface area (Å²) in [6.07, 6.45) is 4.01. The van der Waals surface area contributed by atoms with Gasteiger partial charge >= 0.3 is 0 Å². The van der Waals surface area contributed by atoms with Gasteiger partial charge in [-0.1, -0.05) is 18.1 Å². The maximum atomic E-state index is 3.47. The summed E-state index contributed by atoms with van der Waals surface area (Å²) in [6.45, 7) is 9.18. The Bertz CT molecular complexity index is 170. The molecule has 0 amide bonds. The fraction of sp³-hybridized carbons (Fsp3) is 0.818. The van der Waals surface area contributed by atoms with E-state index in [1.807, 2.05) is 0 Å². The van der Waals surface area contributed by atoms with Gasteiger partial charge < -0.3 is 5.32 Å². The van der Waals surface area contributed by atoms with Crippen molar-refractivity contribution in [3.05, 3.63) is 11.1 Å². The molecular formula is C11H21N. The predicted molar refractivity (Wildman–Crippen MR) is 54.3 cm³/mol. The van der Waals surface area contributed by atoms with Gasteiger partial charge in [0.2, 0.25) is 0 Å². The van der Waals surface area contributed by atoms with Crippen molar-refractivity contribution >= 4 is 0 Å². The number of rotatable bonds is 0. The summed E-state index contributed by atoms with van der Waals surface area (Å²) in [4.78, 5) is 0. The Morgan fingerprint density at radius 1 is 1.25 bits per heavy atom. The second-order valence-corrected chi connectivity index (χ2v) is 4.19. The van der Waals surface area contributed by atoms with Crippen molar-refractivity contribution in [1.29, 1.82) is 0 Å². The van der Waals surface area contributed by atoms with Crippen molar-refractivity contribution in [1.82, 2.24) is 5.32 Å². The predicted octanol–water partition coefficient (Wildman–Crippen LogP) is 2.73. The molecule has 1 unspecified atom stereocenters. The third-order valence-corrected chi connectivity index (χ3v) is 2.82. The monoisotopic (exact) mass is 167 g/mol. The second-order valence-electron chi connectivity index (χ2n) is 4.19. The zero-order chi connectivity index (χ0) is 8.97. The van der Waals surface area contributed by atoms with Gasteiger partial charge in [0.25, 0.3) is 0 Å². The Morgan fingerprint density at radius 2 is 2.00 bits per heavy atom. The Labute approximate surface area is 76.2 Å². The van der Waals surface area contributed by atoms with Crippen LogP contribution in [0.5, 0.6) is 0 Å². The van der Waals surface area contributed by atoms with Crippen molar-refractivity contribution in [2.75, 3.05) is 13.1 Å². The first-order valence-corrected chi connectivity index (χ1v) is 5.06. The smallest absolute Gasteiger partial charge is 0.0164 e. The van der Waals surface area contributed by atoms with Crippen LogP contribution in [0, 0.1) is 5.92 Å². The lowest BCUT2D eigenvalue weighted by Crippen LogP contribution is -2.17. The fourth-order valence-electron chi connectivity index (χ4n) is 1.80. The highest BCUT2D eigenvalue weighted by atomic mass is 14.8. The van der Waals surface area contributed by atoms with Crippen molar-refractivity contribution < 1.29 is 0 Å². The minimum absolute atomic E-state index is 0.875. The molecule has 1 aliphatic rings. The molecule has 1 heterocycles. The maximum absolute atomic E-state index is 3.47. The van der Waals surface area contributed by atoms with E-state index in [4.69, 9.17) is 0 Å². The van der Waals surface area contributed by atoms with Crippen LogP contribution in [-0.2, 0) is 0 Å². The van der Waals surface area contributed by atoms with Crippen molar-refractivity contribution in [3.63, 3.8) is 0 Å². The number of hydrogen-bond acceptors (Lipinski definition) is 1. The standard InChI is InChI=1S/C11H21N/c1-9-5-4-6-12-8-11(3)10(2)7-9/h9,12H,4-8H2,1-3H3/b11-10-. The molecule has 1 rings (SSSR count). The minimum Gasteiger partial charge on any atom is -0.313 e. The molecule has 0 aromatic carbocycles. The van der Waals surface area contributed by atoms with Gasteiger partial charge in [0, 0.05) is 6.54 Å². The Balaban J connectivity index is 2.57. The van der Waals surface area contributed by atoms with Crippen LogP contribution in [0.15, 0.2) is 11.1 Å². The van der Waals surface area contributed by atoms with Crippen LogP contribution in [0.3, 0.4) is 0 Å². The zero-order valence-electron chi connectivity index (χ0n) is 8.61. The lowest BCUT2D eigenvalue weighted by molar-refractivity contribution is 0.502. The SMILES string of the molecule is C/C1=C(\C)CC(C)CCCNC1. The van der Waals surface area contributed by atoms with Gasteiger partial charge in [0.1, 0.15) is 0 Å². The third-order valence-electron chi connectivity index (χ3n) is 2.82. The molecule has 1 aliphatic heterocycles. The molecular weight excluding hydrogens is 146 g/mol. The first-order valence-electron chi connectivity index (χ1n) is 5.06. The van der Waals surface area contributed by atoms with Crippen LogP contribution in [0.2, 0.25) is 0 Å². The van der Waals surface area contributed by atoms with Gasteiger partial charge in [-0.15, -0.1) is 0 Å². The molecule has 0 saturated carbocycles. The topological polar surface area (TPSA) is 12.0 Å². The summed E-state index contributed by atoms with van der Waals surface area (Å²) in [7, 11) is 0. The molecule has 0 aliphatic carbocycles. The van der Waals surface area contributed by atoms with Crippen LogP contribution >= 0.6 is 0 Å². The largest absolute Gasteiger partial charge is 0.313 e. The summed E-state index contributed by atoms with van der Waals surface area (Å²) < 4.78 is 0. The Kier molecular flexibility index (Phi) is 3.80. The molecule has 0 aromatic rings. The molecule has 0 spiro atoms. The van der Waals surface area contributed by atoms with Gasteiger partial charge in [0.05, 0.1) is 0 Å². The average Bonchev–Trinajstić information content (AvgIpc) is 2.07. The summed E-state index contributed by atoms with van der Waals surface area (Å²) in [6, 6.07) is 0. The molecule has 1 N–H and O–H groups in total. The summed E-state index contributed by atoms with van der Waals surface area (Å²) in [5, 5.41) is 3.47. The highest BCUT2D eigenvalue weighted by Gasteiger charge is 2.07. The molecule has 0 radical (unpaired) electrons. The lowest BCUT2D eigenvalue weighted by atomic mass is 9.96. The normalized spacial score (nSPS) is 33.8. The summed E-state index contributed by atoms with van der Waals surface area (Å²) >= 11 is 0. The van der Waals surface area contributed by atoms with E-state index in [0.717, 1.165) is 12.5 Å². The van der Waals surface area contributed by atoms with Crippen molar-refractivity contribution in [2.45, 2.75) is 40.0 Å². The van der Waals surface area contributed by atoms with E-state index in [1.54, 1.807) is 11.1 Å². The molecule has 0 bridgehead atoms. The van der Waals surface area contributed by atoms with Crippen LogP contribution in [0.25, 0.3) is 0 Å². The molecule has 1 nitrogen and oxygen atoms in total. The van der Waals surface area contributed by atoms with Gasteiger partial charge in [-0.3, -0.25) is 0 Å². The second kappa shape index (κ2) is 4.66. The van der Waals surface area contributed by atoms with Gasteiger partial charge in [-0.25, -0.2) is 0 Å². The van der Waals surface area contributed by atoms with E-state index in [9.17, 15) is 0 Å². The summed E-state index contributed by atoms with van der Waals surface area (Å²) in [5.41, 5.74) is 3.14. The molecule has 0 saturated heterocycles. The molecule has 70 valence electrons. The fourth-order valence-corrected chi connectivity index (χ4v) is 1.80. The number of allylic oxidation sites excluding steroid dienone is 1. The van der Waals surface area contributed by atoms with Crippen molar-refractivity contribution in [3.8, 4) is 0 Å². The van der Waals surface area contributed by atoms with E-state index in [-0.39, 0.29) is 0 Å². The Hall–Kier alpha value is -0.300. The molecule has 0 aromatic heterocycles. The third kappa shape index (κ3) is 2.98. The molecule has 12 heavy (non-hydrogen) atoms. The quantitative estimate of drug-likeness (QED) is 0.547. The molecule has 1 heteroatoms. The average molecular weight is 167 g/mol. The lowest BCUT2D eigenvalue weighted by Gasteiger charge is -2.10. The molecule has 0 fully saturated rings. The number of nitrogens with one attached hydrogen (secondary N) is 1. The minimum atomic E-state index is 0.875. The van der Waals surface area contributed by atoms with Crippen LogP contribution < -0.4 is 5.32 Å². The first kappa shape index (κ1) is 9.79. The first-order chi connectivity index (χ1) is 5.70. The van der Waals surface area contributed by atoms with Crippen molar-refractivity contribution in [2.24, 2.45) is 5.92 Å². The zero-order valence-corrected chi connectivity index (χ0v) is 8.61. The van der Waals surface area contributed by atoms with Gasteiger partial charge in [0.15, 0.2) is 0 Å². The summed E-state index contributed by atoms with van der Waals surface area (Å²) in [5.74, 6) is 0.875. The number of hydrogen-bond donors (Lipinski definition) is 1. The van der Waals surface area contributed by atoms with Crippen LogP contribution in [0.4, 0.5) is 0 Å².